The molecule has 0 aliphatic heterocycles. The molecule has 0 saturated heterocycles. The molecule has 5 nitrogen and oxygen atoms in total. The Kier molecular flexibility index (Phi) is 4.29. The predicted molar refractivity (Wildman–Crippen MR) is 229 cm³/mol. The van der Waals surface area contributed by atoms with Crippen molar-refractivity contribution in [3.63, 3.8) is 0 Å². The lowest BCUT2D eigenvalue weighted by Gasteiger charge is -2.27. The van der Waals surface area contributed by atoms with Crippen LogP contribution < -0.4 is 4.90 Å². The van der Waals surface area contributed by atoms with Gasteiger partial charge in [-0.15, -0.1) is 0 Å². The van der Waals surface area contributed by atoms with E-state index in [1.807, 2.05) is 0 Å². The summed E-state index contributed by atoms with van der Waals surface area (Å²) in [5, 5.41) is -0.997. The summed E-state index contributed by atoms with van der Waals surface area (Å²) in [6, 6.07) is -3.42. The molecule has 5 heteroatoms. The minimum Gasteiger partial charge on any atom is -0.456 e. The van der Waals surface area contributed by atoms with Gasteiger partial charge in [0.05, 0.1) is 42.6 Å². The fourth-order valence-corrected chi connectivity index (χ4v) is 5.87. The van der Waals surface area contributed by atoms with E-state index in [1.165, 1.54) is 0 Å². The number of benzene rings is 8. The maximum absolute atomic E-state index is 10.4. The number of fused-ring (bicyclic) bond motifs is 3. The van der Waals surface area contributed by atoms with E-state index in [9.17, 15) is 15.1 Å². The van der Waals surface area contributed by atoms with Crippen molar-refractivity contribution >= 4 is 39.0 Å². The Morgan fingerprint density at radius 3 is 1.39 bits per heavy atom. The second-order valence-corrected chi connectivity index (χ2v) is 11.9. The zero-order valence-corrected chi connectivity index (χ0v) is 28.5. The highest BCUT2D eigenvalue weighted by Gasteiger charge is 2.23. The fraction of sp³-hybridized carbons (Fsp3) is 0. The van der Waals surface area contributed by atoms with Gasteiger partial charge in [0.25, 0.3) is 0 Å². The van der Waals surface area contributed by atoms with Crippen LogP contribution in [-0.4, -0.2) is 15.0 Å². The molecule has 264 valence electrons. The van der Waals surface area contributed by atoms with Crippen LogP contribution in [0.5, 0.6) is 0 Å². The number of para-hydroxylation sites is 1. The largest absolute Gasteiger partial charge is 0.456 e. The molecule has 0 aliphatic carbocycles. The average Bonchev–Trinajstić information content (AvgIpc) is 4.14. The SMILES string of the molecule is [2H]c1cc([2H])c2oc3c([2H])c(-c4nc(-c5ccccc5)nc(-c5ccccc5)n4)c([2H])c(N(c4c([2H])c([2H])c(-c5c([2H])c([2H])c([2H])c([2H])c5[2H])c([2H])c4[2H])c4c([2H])c([2H])c(-c5c([2H])c([2H])c([2H])c([2H])c5[2H])c([2H])c4[2H])c3c2c1[2H]. The van der Waals surface area contributed by atoms with E-state index in [1.54, 1.807) is 60.7 Å². The Hall–Kier alpha value is -7.63. The highest BCUT2D eigenvalue weighted by Crippen LogP contribution is 2.45. The molecule has 10 rings (SSSR count). The van der Waals surface area contributed by atoms with Gasteiger partial charge >= 0.3 is 0 Å². The van der Waals surface area contributed by atoms with Crippen LogP contribution in [0.25, 0.3) is 78.4 Å². The number of hydrogen-bond donors (Lipinski definition) is 0. The lowest BCUT2D eigenvalue weighted by molar-refractivity contribution is 0.669. The smallest absolute Gasteiger partial charge is 0.164 e. The van der Waals surface area contributed by atoms with Gasteiger partial charge in [-0.25, -0.2) is 15.0 Å². The summed E-state index contributed by atoms with van der Waals surface area (Å²) in [7, 11) is 0. The molecule has 0 fully saturated rings. The number of rotatable bonds is 8. The van der Waals surface area contributed by atoms with Gasteiger partial charge in [0.1, 0.15) is 11.2 Å². The van der Waals surface area contributed by atoms with Crippen molar-refractivity contribution in [1.29, 1.82) is 0 Å². The zero-order valence-electron chi connectivity index (χ0n) is 51.5. The van der Waals surface area contributed by atoms with Gasteiger partial charge in [-0.05, 0) is 64.6 Å². The van der Waals surface area contributed by atoms with E-state index in [0.717, 1.165) is 6.07 Å². The summed E-state index contributed by atoms with van der Waals surface area (Å²) in [4.78, 5) is 14.7. The minimum atomic E-state index is -1.16. The van der Waals surface area contributed by atoms with Crippen molar-refractivity contribution in [2.24, 2.45) is 0 Å². The molecule has 0 amide bonds. The molecular formula is C51H34N4O. The number of aromatic nitrogens is 3. The summed E-state index contributed by atoms with van der Waals surface area (Å²) in [6.45, 7) is 0. The molecule has 10 aromatic rings. The standard InChI is InChI=1S/C51H34N4O/c1-5-15-35(16-6-1)37-25-29-42(30-26-37)55(43-31-27-38(28-32-43)36-17-7-2-8-18-36)45-33-41(34-47-48(45)44-23-13-14-24-46(44)56-47)51-53-49(39-19-9-3-10-20-39)52-50(54-51)40-21-11-4-12-22-40/h1-34H/i1D,2D,5D,6D,7D,8D,13D,15D,16D,17D,18D,23D,24D,25D,26D,27D,28D,29D,30D,31D,32D,33D,34D. The molecule has 0 saturated carbocycles. The van der Waals surface area contributed by atoms with Crippen molar-refractivity contribution in [2.75, 3.05) is 4.90 Å². The number of nitrogens with zero attached hydrogens (tertiary/aromatic N) is 4. The summed E-state index contributed by atoms with van der Waals surface area (Å²) in [5.41, 5.74) is -6.73. The molecule has 0 unspecified atom stereocenters. The summed E-state index contributed by atoms with van der Waals surface area (Å²) >= 11 is 0. The molecule has 0 atom stereocenters. The lowest BCUT2D eigenvalue weighted by Crippen LogP contribution is -2.11. The fourth-order valence-electron chi connectivity index (χ4n) is 5.87. The Balaban J connectivity index is 1.44. The summed E-state index contributed by atoms with van der Waals surface area (Å²) in [6.07, 6.45) is 0. The molecule has 56 heavy (non-hydrogen) atoms. The first-order chi connectivity index (χ1) is 37.3. The van der Waals surface area contributed by atoms with E-state index in [4.69, 9.17) is 35.8 Å². The molecule has 0 aliphatic rings. The van der Waals surface area contributed by atoms with E-state index >= 15 is 0 Å². The molecule has 0 radical (unpaired) electrons. The van der Waals surface area contributed by atoms with Crippen molar-refractivity contribution in [1.82, 2.24) is 15.0 Å². The normalized spacial score (nSPS) is 17.0. The van der Waals surface area contributed by atoms with Gasteiger partial charge in [-0.2, -0.15) is 0 Å². The van der Waals surface area contributed by atoms with Gasteiger partial charge in [0.2, 0.25) is 0 Å². The maximum Gasteiger partial charge on any atom is 0.164 e. The summed E-state index contributed by atoms with van der Waals surface area (Å²) in [5.74, 6) is -0.396. The van der Waals surface area contributed by atoms with Crippen LogP contribution in [0.4, 0.5) is 17.1 Å². The highest BCUT2D eigenvalue weighted by molar-refractivity contribution is 6.14. The van der Waals surface area contributed by atoms with Crippen molar-refractivity contribution in [3.05, 3.63) is 206 Å². The highest BCUT2D eigenvalue weighted by atomic mass is 16.3. The number of hydrogen-bond acceptors (Lipinski definition) is 5. The topological polar surface area (TPSA) is 55.1 Å². The van der Waals surface area contributed by atoms with Crippen molar-refractivity contribution in [3.8, 4) is 56.4 Å². The Labute approximate surface area is 357 Å². The Morgan fingerprint density at radius 2 is 0.875 bits per heavy atom. The average molecular weight is 742 g/mol. The molecular weight excluding hydrogens is 685 g/mol. The molecule has 0 N–H and O–H groups in total. The van der Waals surface area contributed by atoms with Crippen LogP contribution in [0.3, 0.4) is 0 Å². The second kappa shape index (κ2) is 14.3. The first-order valence-corrected chi connectivity index (χ1v) is 16.8. The molecule has 2 heterocycles. The maximum atomic E-state index is 10.4. The second-order valence-electron chi connectivity index (χ2n) is 11.9. The van der Waals surface area contributed by atoms with Gasteiger partial charge in [-0.3, -0.25) is 0 Å². The van der Waals surface area contributed by atoms with Gasteiger partial charge in [-0.1, -0.05) is 163 Å². The predicted octanol–water partition coefficient (Wildman–Crippen LogP) is 13.6. The Morgan fingerprint density at radius 1 is 0.393 bits per heavy atom. The van der Waals surface area contributed by atoms with Crippen molar-refractivity contribution < 1.29 is 35.9 Å². The molecule has 0 spiro atoms. The summed E-state index contributed by atoms with van der Waals surface area (Å²) < 4.78 is 215. The number of anilines is 3. The van der Waals surface area contributed by atoms with Crippen LogP contribution in [0, 0.1) is 0 Å². The molecule has 8 aromatic carbocycles. The lowest BCUT2D eigenvalue weighted by atomic mass is 10.0. The van der Waals surface area contributed by atoms with Crippen LogP contribution in [0.15, 0.2) is 210 Å². The van der Waals surface area contributed by atoms with Gasteiger partial charge < -0.3 is 9.32 Å². The van der Waals surface area contributed by atoms with E-state index < -0.39 is 212 Å². The Bertz CT molecular complexity index is 4000. The zero-order chi connectivity index (χ0) is 57.3. The van der Waals surface area contributed by atoms with Crippen molar-refractivity contribution in [2.45, 2.75) is 0 Å². The number of furan rings is 1. The van der Waals surface area contributed by atoms with Crippen LogP contribution in [-0.2, 0) is 0 Å². The van der Waals surface area contributed by atoms with E-state index in [0.29, 0.717) is 16.0 Å². The minimum absolute atomic E-state index is 0.0118. The third kappa shape index (κ3) is 6.27. The van der Waals surface area contributed by atoms with Crippen LogP contribution in [0.2, 0.25) is 0 Å². The van der Waals surface area contributed by atoms with Gasteiger partial charge in [0, 0.05) is 33.5 Å². The van der Waals surface area contributed by atoms with E-state index in [2.05, 4.69) is 0 Å². The first-order valence-electron chi connectivity index (χ1n) is 28.3. The third-order valence-corrected chi connectivity index (χ3v) is 8.42. The molecule has 0 bridgehead atoms. The quantitative estimate of drug-likeness (QED) is 0.155. The van der Waals surface area contributed by atoms with E-state index in [-0.39, 0.29) is 11.6 Å². The molecule has 2 aromatic heterocycles. The third-order valence-electron chi connectivity index (χ3n) is 8.42. The monoisotopic (exact) mass is 741 g/mol. The van der Waals surface area contributed by atoms with Gasteiger partial charge in [0.15, 0.2) is 17.5 Å². The van der Waals surface area contributed by atoms with Crippen LogP contribution >= 0.6 is 0 Å². The van der Waals surface area contributed by atoms with Crippen LogP contribution in [0.1, 0.15) is 31.5 Å². The first kappa shape index (κ1) is 16.8.